The molecule has 0 aliphatic rings. The summed E-state index contributed by atoms with van der Waals surface area (Å²) in [6, 6.07) is 17.1. The maximum atomic E-state index is 12.1. The summed E-state index contributed by atoms with van der Waals surface area (Å²) in [6.07, 6.45) is 0. The van der Waals surface area contributed by atoms with Crippen LogP contribution in [0.3, 0.4) is 0 Å². The van der Waals surface area contributed by atoms with E-state index in [-0.39, 0.29) is 5.75 Å². The fourth-order valence-electron chi connectivity index (χ4n) is 1.65. The Morgan fingerprint density at radius 3 is 2.35 bits per heavy atom. The predicted molar refractivity (Wildman–Crippen MR) is 67.3 cm³/mol. The van der Waals surface area contributed by atoms with Crippen molar-refractivity contribution in [2.75, 3.05) is 0 Å². The molecule has 0 heterocycles. The lowest BCUT2D eigenvalue weighted by atomic mass is 10.2. The van der Waals surface area contributed by atoms with Gasteiger partial charge in [0.1, 0.15) is 0 Å². The average molecular weight is 245 g/mol. The molecule has 0 amide bonds. The van der Waals surface area contributed by atoms with Crippen molar-refractivity contribution in [2.24, 2.45) is 0 Å². The quantitative estimate of drug-likeness (QED) is 0.833. The van der Waals surface area contributed by atoms with Crippen molar-refractivity contribution in [3.05, 3.63) is 65.7 Å². The smallest absolute Gasteiger partial charge is 0.182 e. The molecule has 0 bridgehead atoms. The molecule has 2 rings (SSSR count). The second-order valence-corrected chi connectivity index (χ2v) is 5.92. The molecule has 2 aromatic rings. The van der Waals surface area contributed by atoms with E-state index in [1.165, 1.54) is 0 Å². The molecule has 0 N–H and O–H groups in total. The average Bonchev–Trinajstić information content (AvgIpc) is 2.29. The van der Waals surface area contributed by atoms with Gasteiger partial charge in [0.05, 0.1) is 10.6 Å². The Bertz CT molecular complexity index is 601. The lowest BCUT2D eigenvalue weighted by Crippen LogP contribution is -2.04. The molecule has 3 heteroatoms. The van der Waals surface area contributed by atoms with Crippen LogP contribution in [0, 0.1) is 13.0 Å². The maximum Gasteiger partial charge on any atom is 0.182 e. The standard InChI is InChI=1S/C14H13O2S/c1-12-6-5-7-13(10-12)11-17(15,16)14-8-3-2-4-9-14/h2-9H,11H2,1H3. The molecular formula is C14H13O2S. The van der Waals surface area contributed by atoms with Crippen molar-refractivity contribution in [3.8, 4) is 0 Å². The van der Waals surface area contributed by atoms with E-state index in [2.05, 4.69) is 6.07 Å². The molecule has 87 valence electrons. The van der Waals surface area contributed by atoms with Crippen LogP contribution in [-0.4, -0.2) is 8.42 Å². The molecule has 0 aromatic heterocycles. The molecule has 0 aliphatic carbocycles. The SMILES string of the molecule is Cc1[c]c(CS(=O)(=O)c2ccccc2)ccc1. The minimum atomic E-state index is -3.26. The molecule has 0 saturated heterocycles. The van der Waals surface area contributed by atoms with E-state index < -0.39 is 9.84 Å². The van der Waals surface area contributed by atoms with Gasteiger partial charge >= 0.3 is 0 Å². The van der Waals surface area contributed by atoms with Gasteiger partial charge in [-0.05, 0) is 36.2 Å². The van der Waals surface area contributed by atoms with E-state index >= 15 is 0 Å². The van der Waals surface area contributed by atoms with Gasteiger partial charge < -0.3 is 0 Å². The normalized spacial score (nSPS) is 11.4. The van der Waals surface area contributed by atoms with Crippen molar-refractivity contribution in [1.82, 2.24) is 0 Å². The van der Waals surface area contributed by atoms with Crippen molar-refractivity contribution >= 4 is 9.84 Å². The number of sulfone groups is 1. The molecule has 0 fully saturated rings. The van der Waals surface area contributed by atoms with E-state index in [0.29, 0.717) is 10.5 Å². The molecule has 2 aromatic carbocycles. The molecule has 0 spiro atoms. The van der Waals surface area contributed by atoms with Crippen molar-refractivity contribution in [1.29, 1.82) is 0 Å². The summed E-state index contributed by atoms with van der Waals surface area (Å²) in [6.45, 7) is 1.90. The summed E-state index contributed by atoms with van der Waals surface area (Å²) < 4.78 is 24.2. The highest BCUT2D eigenvalue weighted by atomic mass is 32.2. The molecule has 0 saturated carbocycles. The highest BCUT2D eigenvalue weighted by molar-refractivity contribution is 7.90. The zero-order chi connectivity index (χ0) is 12.3. The molecule has 0 aliphatic heterocycles. The molecular weight excluding hydrogens is 232 g/mol. The molecule has 0 unspecified atom stereocenters. The van der Waals surface area contributed by atoms with E-state index in [1.807, 2.05) is 19.1 Å². The Morgan fingerprint density at radius 1 is 1.00 bits per heavy atom. The first-order chi connectivity index (χ1) is 8.08. The Morgan fingerprint density at radius 2 is 1.71 bits per heavy atom. The third-order valence-corrected chi connectivity index (χ3v) is 4.13. The van der Waals surface area contributed by atoms with Crippen molar-refractivity contribution < 1.29 is 8.42 Å². The minimum Gasteiger partial charge on any atom is -0.223 e. The van der Waals surface area contributed by atoms with E-state index in [4.69, 9.17) is 0 Å². The third kappa shape index (κ3) is 2.94. The highest BCUT2D eigenvalue weighted by Crippen LogP contribution is 2.16. The fraction of sp³-hybridized carbons (Fsp3) is 0.143. The zero-order valence-corrected chi connectivity index (χ0v) is 10.4. The van der Waals surface area contributed by atoms with Crippen molar-refractivity contribution in [3.63, 3.8) is 0 Å². The largest absolute Gasteiger partial charge is 0.223 e. The Hall–Kier alpha value is -1.61. The Kier molecular flexibility index (Phi) is 3.29. The van der Waals surface area contributed by atoms with Crippen LogP contribution in [0.4, 0.5) is 0 Å². The first-order valence-electron chi connectivity index (χ1n) is 5.33. The fourth-order valence-corrected chi connectivity index (χ4v) is 2.96. The van der Waals surface area contributed by atoms with E-state index in [9.17, 15) is 8.42 Å². The first-order valence-corrected chi connectivity index (χ1v) is 6.99. The van der Waals surface area contributed by atoms with Crippen LogP contribution in [0.5, 0.6) is 0 Å². The highest BCUT2D eigenvalue weighted by Gasteiger charge is 2.14. The van der Waals surface area contributed by atoms with Gasteiger partial charge in [0.2, 0.25) is 0 Å². The van der Waals surface area contributed by atoms with Crippen LogP contribution in [0.1, 0.15) is 11.1 Å². The Balaban J connectivity index is 2.30. The van der Waals surface area contributed by atoms with Gasteiger partial charge in [0.25, 0.3) is 0 Å². The van der Waals surface area contributed by atoms with Crippen LogP contribution in [0.25, 0.3) is 0 Å². The zero-order valence-electron chi connectivity index (χ0n) is 9.55. The monoisotopic (exact) mass is 245 g/mol. The summed E-state index contributed by atoms with van der Waals surface area (Å²) in [5.74, 6) is -0.00130. The third-order valence-electron chi connectivity index (χ3n) is 2.45. The van der Waals surface area contributed by atoms with Gasteiger partial charge in [-0.1, -0.05) is 36.4 Å². The van der Waals surface area contributed by atoms with Crippen LogP contribution in [0.2, 0.25) is 0 Å². The van der Waals surface area contributed by atoms with Gasteiger partial charge in [0, 0.05) is 0 Å². The molecule has 2 nitrogen and oxygen atoms in total. The summed E-state index contributed by atoms with van der Waals surface area (Å²) in [5, 5.41) is 0. The summed E-state index contributed by atoms with van der Waals surface area (Å²) in [5.41, 5.74) is 1.65. The van der Waals surface area contributed by atoms with Gasteiger partial charge in [-0.15, -0.1) is 0 Å². The van der Waals surface area contributed by atoms with Gasteiger partial charge in [-0.3, -0.25) is 0 Å². The minimum absolute atomic E-state index is 0.00130. The number of hydrogen-bond donors (Lipinski definition) is 0. The topological polar surface area (TPSA) is 34.1 Å². The number of rotatable bonds is 3. The number of hydrogen-bond acceptors (Lipinski definition) is 2. The van der Waals surface area contributed by atoms with Crippen molar-refractivity contribution in [2.45, 2.75) is 17.6 Å². The van der Waals surface area contributed by atoms with E-state index in [1.54, 1.807) is 36.4 Å². The first kappa shape index (κ1) is 11.9. The van der Waals surface area contributed by atoms with Gasteiger partial charge in [-0.2, -0.15) is 0 Å². The number of benzene rings is 2. The molecule has 17 heavy (non-hydrogen) atoms. The molecule has 0 atom stereocenters. The Labute approximate surface area is 102 Å². The molecule has 1 radical (unpaired) electrons. The van der Waals surface area contributed by atoms with Gasteiger partial charge in [-0.25, -0.2) is 8.42 Å². The lowest BCUT2D eigenvalue weighted by Gasteiger charge is -2.04. The lowest BCUT2D eigenvalue weighted by molar-refractivity contribution is 0.595. The summed E-state index contributed by atoms with van der Waals surface area (Å²) >= 11 is 0. The van der Waals surface area contributed by atoms with Crippen LogP contribution >= 0.6 is 0 Å². The van der Waals surface area contributed by atoms with Gasteiger partial charge in [0.15, 0.2) is 9.84 Å². The van der Waals surface area contributed by atoms with Crippen LogP contribution < -0.4 is 0 Å². The van der Waals surface area contributed by atoms with Crippen LogP contribution in [-0.2, 0) is 15.6 Å². The predicted octanol–water partition coefficient (Wildman–Crippen LogP) is 2.77. The van der Waals surface area contributed by atoms with Crippen LogP contribution in [0.15, 0.2) is 53.4 Å². The number of aryl methyl sites for hydroxylation is 1. The summed E-state index contributed by atoms with van der Waals surface area (Å²) in [4.78, 5) is 0.356. The summed E-state index contributed by atoms with van der Waals surface area (Å²) in [7, 11) is -3.26. The second kappa shape index (κ2) is 4.72. The second-order valence-electron chi connectivity index (χ2n) is 3.93. The van der Waals surface area contributed by atoms with E-state index in [0.717, 1.165) is 5.56 Å². The maximum absolute atomic E-state index is 12.1.